The molecule has 3 aromatic heterocycles. The molecule has 0 radical (unpaired) electrons. The Morgan fingerprint density at radius 1 is 1.10 bits per heavy atom. The average molecular weight is 678 g/mol. The average Bonchev–Trinajstić information content (AvgIpc) is 3.82. The van der Waals surface area contributed by atoms with E-state index in [0.29, 0.717) is 47.6 Å². The van der Waals surface area contributed by atoms with E-state index in [-0.39, 0.29) is 38.5 Å². The van der Waals surface area contributed by atoms with Gasteiger partial charge in [-0.05, 0) is 77.0 Å². The summed E-state index contributed by atoms with van der Waals surface area (Å²) in [5, 5.41) is 6.58. The van der Waals surface area contributed by atoms with Crippen LogP contribution < -0.4 is 20.3 Å². The van der Waals surface area contributed by atoms with Crippen LogP contribution in [0.2, 0.25) is 0 Å². The van der Waals surface area contributed by atoms with E-state index < -0.39 is 23.3 Å². The van der Waals surface area contributed by atoms with E-state index in [4.69, 9.17) is 18.9 Å². The van der Waals surface area contributed by atoms with Gasteiger partial charge in [0.1, 0.15) is 29.4 Å². The predicted octanol–water partition coefficient (Wildman–Crippen LogP) is 6.67. The summed E-state index contributed by atoms with van der Waals surface area (Å²) in [5.41, 5.74) is 1.12. The van der Waals surface area contributed by atoms with E-state index in [1.54, 1.807) is 26.8 Å². The molecule has 2 aromatic carbocycles. The molecule has 0 spiro atoms. The van der Waals surface area contributed by atoms with Gasteiger partial charge in [-0.2, -0.15) is 9.97 Å². The van der Waals surface area contributed by atoms with E-state index in [1.807, 2.05) is 6.07 Å². The number of halogens is 2. The smallest absolute Gasteiger partial charge is 0.413 e. The minimum absolute atomic E-state index is 0.0790. The summed E-state index contributed by atoms with van der Waals surface area (Å²) in [4.78, 5) is 30.9. The van der Waals surface area contributed by atoms with Gasteiger partial charge in [0.05, 0.1) is 22.7 Å². The molecule has 1 amide bonds. The largest absolute Gasteiger partial charge is 0.472 e. The zero-order chi connectivity index (χ0) is 33.6. The number of carbonyl (C=O) groups is 1. The van der Waals surface area contributed by atoms with Gasteiger partial charge >= 0.3 is 12.1 Å². The number of nitrogens with one attached hydrogen (secondary N) is 2. The number of amides is 1. The van der Waals surface area contributed by atoms with Gasteiger partial charge in [-0.3, -0.25) is 5.32 Å². The number of thiazole rings is 1. The molecule has 11 nitrogen and oxygen atoms in total. The highest BCUT2D eigenvalue weighted by Crippen LogP contribution is 2.44. The number of likely N-dealkylation sites (tertiary alicyclic amines) is 1. The highest BCUT2D eigenvalue weighted by molar-refractivity contribution is 7.22. The van der Waals surface area contributed by atoms with E-state index in [1.165, 1.54) is 24.7 Å². The molecule has 2 N–H and O–H groups in total. The predicted molar refractivity (Wildman–Crippen MR) is 182 cm³/mol. The van der Waals surface area contributed by atoms with Crippen LogP contribution >= 0.6 is 11.3 Å². The summed E-state index contributed by atoms with van der Waals surface area (Å²) in [5.74, 6) is -0.605. The fourth-order valence-electron chi connectivity index (χ4n) is 6.26. The van der Waals surface area contributed by atoms with Gasteiger partial charge in [-0.1, -0.05) is 11.3 Å². The van der Waals surface area contributed by atoms with Crippen molar-refractivity contribution in [2.24, 2.45) is 0 Å². The third-order valence-corrected chi connectivity index (χ3v) is 9.57. The maximum atomic E-state index is 17.3. The molecule has 0 unspecified atom stereocenters. The van der Waals surface area contributed by atoms with Crippen molar-refractivity contribution in [3.8, 4) is 28.3 Å². The fourth-order valence-corrected chi connectivity index (χ4v) is 7.15. The quantitative estimate of drug-likeness (QED) is 0.193. The number of ether oxygens (including phenoxy) is 2. The lowest BCUT2D eigenvalue weighted by molar-refractivity contribution is 0.0636. The Labute approximate surface area is 280 Å². The lowest BCUT2D eigenvalue weighted by Gasteiger charge is -2.30. The number of anilines is 2. The summed E-state index contributed by atoms with van der Waals surface area (Å²) in [6.07, 6.45) is 4.40. The molecule has 5 heterocycles. The standard InChI is InChI=1S/C34H37F2N7O4S/c1-34(2,3)47-33(44)41-32-39-28-21(7-8-24(35)29(28)48-32)25-22(19-9-15-45-17-19)16-23-27(26(25)36)38-31(46-18-20-6-5-12-42(20)4)40-30(23)43-13-10-37-11-14-43/h7-9,15-17,20,37H,5-6,10-14,18H2,1-4H3,(H,39,41,44)/t20-/m0/s1. The Hall–Kier alpha value is -4.40. The number of aromatic nitrogens is 3. The Balaban J connectivity index is 1.40. The minimum atomic E-state index is -0.744. The van der Waals surface area contributed by atoms with E-state index >= 15 is 8.78 Å². The van der Waals surface area contributed by atoms with Crippen LogP contribution in [0.5, 0.6) is 6.01 Å². The third kappa shape index (κ3) is 6.39. The molecule has 2 saturated heterocycles. The molecule has 2 fully saturated rings. The molecule has 14 heteroatoms. The van der Waals surface area contributed by atoms with Crippen LogP contribution in [-0.2, 0) is 4.74 Å². The van der Waals surface area contributed by atoms with E-state index in [9.17, 15) is 4.79 Å². The molecule has 2 aliphatic heterocycles. The Morgan fingerprint density at radius 2 is 1.92 bits per heavy atom. The molecule has 0 bridgehead atoms. The van der Waals surface area contributed by atoms with Crippen LogP contribution in [0.1, 0.15) is 33.6 Å². The van der Waals surface area contributed by atoms with Crippen molar-refractivity contribution >= 4 is 49.5 Å². The van der Waals surface area contributed by atoms with Crippen LogP contribution in [0.4, 0.5) is 24.5 Å². The van der Waals surface area contributed by atoms with E-state index in [2.05, 4.69) is 37.4 Å². The normalized spacial score (nSPS) is 17.4. The van der Waals surface area contributed by atoms with E-state index in [0.717, 1.165) is 43.8 Å². The van der Waals surface area contributed by atoms with Crippen LogP contribution in [0.15, 0.2) is 41.2 Å². The van der Waals surface area contributed by atoms with Crippen molar-refractivity contribution < 1.29 is 27.5 Å². The number of nitrogens with zero attached hydrogens (tertiary/aromatic N) is 5. The fraction of sp³-hybridized carbons (Fsp3) is 0.412. The highest BCUT2D eigenvalue weighted by atomic mass is 32.1. The number of fused-ring (bicyclic) bond motifs is 2. The molecule has 0 saturated carbocycles. The molecule has 5 aromatic rings. The number of carbonyl (C=O) groups excluding carboxylic acids is 1. The van der Waals surface area contributed by atoms with Crippen LogP contribution in [0.3, 0.4) is 0 Å². The minimum Gasteiger partial charge on any atom is -0.472 e. The third-order valence-electron chi connectivity index (χ3n) is 8.59. The Bertz CT molecular complexity index is 1970. The maximum Gasteiger partial charge on any atom is 0.413 e. The van der Waals surface area contributed by atoms with Crippen molar-refractivity contribution in [3.05, 3.63) is 48.4 Å². The van der Waals surface area contributed by atoms with Gasteiger partial charge in [-0.25, -0.2) is 18.6 Å². The zero-order valence-corrected chi connectivity index (χ0v) is 28.0. The first kappa shape index (κ1) is 32.2. The first-order valence-electron chi connectivity index (χ1n) is 16.0. The SMILES string of the molecule is CN1CCC[C@H]1COc1nc(N2CCNCC2)c2cc(-c3ccoc3)c(-c3ccc(F)c4sc(NC(=O)OC(C)(C)C)nc34)c(F)c2n1. The van der Waals surface area contributed by atoms with Crippen molar-refractivity contribution in [1.29, 1.82) is 0 Å². The van der Waals surface area contributed by atoms with Gasteiger partial charge in [0, 0.05) is 54.3 Å². The van der Waals surface area contributed by atoms with Crippen molar-refractivity contribution in [2.75, 3.05) is 56.6 Å². The van der Waals surface area contributed by atoms with Crippen molar-refractivity contribution in [2.45, 2.75) is 45.3 Å². The number of hydrogen-bond acceptors (Lipinski definition) is 11. The Morgan fingerprint density at radius 3 is 2.62 bits per heavy atom. The molecule has 0 aliphatic carbocycles. The number of hydrogen-bond donors (Lipinski definition) is 2. The number of likely N-dealkylation sites (N-methyl/N-ethyl adjacent to an activating group) is 1. The van der Waals surface area contributed by atoms with Crippen LogP contribution in [0.25, 0.3) is 43.4 Å². The second-order valence-electron chi connectivity index (χ2n) is 13.1. The van der Waals surface area contributed by atoms with Crippen LogP contribution in [0, 0.1) is 11.6 Å². The maximum absolute atomic E-state index is 17.3. The topological polar surface area (TPSA) is 118 Å². The number of benzene rings is 2. The summed E-state index contributed by atoms with van der Waals surface area (Å²) >= 11 is 0.941. The summed E-state index contributed by atoms with van der Waals surface area (Å²) in [6.45, 7) is 9.44. The Kier molecular flexibility index (Phi) is 8.64. The lowest BCUT2D eigenvalue weighted by Crippen LogP contribution is -2.44. The first-order valence-corrected chi connectivity index (χ1v) is 16.8. The zero-order valence-electron chi connectivity index (χ0n) is 27.2. The molecule has 2 aliphatic rings. The highest BCUT2D eigenvalue weighted by Gasteiger charge is 2.28. The van der Waals surface area contributed by atoms with Crippen molar-refractivity contribution in [1.82, 2.24) is 25.2 Å². The molecule has 252 valence electrons. The van der Waals surface area contributed by atoms with Gasteiger partial charge in [0.2, 0.25) is 0 Å². The first-order chi connectivity index (χ1) is 23.1. The summed E-state index contributed by atoms with van der Waals surface area (Å²) < 4.78 is 49.7. The number of rotatable bonds is 7. The molecule has 7 rings (SSSR count). The summed E-state index contributed by atoms with van der Waals surface area (Å²) in [6, 6.07) is 6.67. The molecular formula is C34H37F2N7O4S. The summed E-state index contributed by atoms with van der Waals surface area (Å²) in [7, 11) is 2.06. The van der Waals surface area contributed by atoms with Gasteiger partial charge in [0.15, 0.2) is 10.9 Å². The number of furan rings is 1. The molecule has 1 atom stereocenters. The lowest BCUT2D eigenvalue weighted by atomic mass is 9.92. The number of piperazine rings is 1. The molecular weight excluding hydrogens is 640 g/mol. The van der Waals surface area contributed by atoms with Gasteiger partial charge in [0.25, 0.3) is 0 Å². The monoisotopic (exact) mass is 677 g/mol. The second-order valence-corrected chi connectivity index (χ2v) is 14.1. The van der Waals surface area contributed by atoms with Gasteiger partial charge < -0.3 is 29.0 Å². The van der Waals surface area contributed by atoms with Gasteiger partial charge in [-0.15, -0.1) is 0 Å². The molecule has 48 heavy (non-hydrogen) atoms. The van der Waals surface area contributed by atoms with Crippen molar-refractivity contribution in [3.63, 3.8) is 0 Å². The second kappa shape index (κ2) is 12.9. The van der Waals surface area contributed by atoms with Crippen LogP contribution in [-0.4, -0.2) is 84.0 Å².